The van der Waals surface area contributed by atoms with Gasteiger partial charge in [0, 0.05) is 17.8 Å². The Morgan fingerprint density at radius 1 is 1.24 bits per heavy atom. The molecule has 1 amide bonds. The standard InChI is InChI=1S/C19H25N3O3/c1-12(2)16-10-22(11-17(25-16)14-7-5-4-6-8-14)18(23)9-15-13(3)20-21-19(15)24/h4-8,12,16-17H,9-11H2,1-3H3,(H2,20,21,24)/t16-,17+/m1/s1. The Morgan fingerprint density at radius 3 is 2.56 bits per heavy atom. The SMILES string of the molecule is Cc1[nH][nH]c(=O)c1CC(=O)N1C[C@@H](c2ccccc2)O[C@@H](C(C)C)C1. The number of aromatic nitrogens is 2. The summed E-state index contributed by atoms with van der Waals surface area (Å²) in [7, 11) is 0. The van der Waals surface area contributed by atoms with E-state index in [1.807, 2.05) is 35.2 Å². The molecular weight excluding hydrogens is 318 g/mol. The molecule has 0 bridgehead atoms. The number of benzene rings is 1. The second-order valence-electron chi connectivity index (χ2n) is 6.98. The van der Waals surface area contributed by atoms with Gasteiger partial charge in [-0.25, -0.2) is 0 Å². The fraction of sp³-hybridized carbons (Fsp3) is 0.474. The highest BCUT2D eigenvalue weighted by Crippen LogP contribution is 2.28. The molecule has 6 nitrogen and oxygen atoms in total. The maximum atomic E-state index is 12.8. The van der Waals surface area contributed by atoms with Gasteiger partial charge in [-0.05, 0) is 18.4 Å². The maximum Gasteiger partial charge on any atom is 0.267 e. The molecule has 25 heavy (non-hydrogen) atoms. The van der Waals surface area contributed by atoms with Crippen LogP contribution in [0.2, 0.25) is 0 Å². The summed E-state index contributed by atoms with van der Waals surface area (Å²) in [5, 5.41) is 5.30. The van der Waals surface area contributed by atoms with Crippen molar-refractivity contribution >= 4 is 5.91 Å². The van der Waals surface area contributed by atoms with Gasteiger partial charge in [0.2, 0.25) is 5.91 Å². The zero-order valence-corrected chi connectivity index (χ0v) is 14.9. The van der Waals surface area contributed by atoms with Crippen LogP contribution < -0.4 is 5.56 Å². The summed E-state index contributed by atoms with van der Waals surface area (Å²) >= 11 is 0. The molecule has 0 spiro atoms. The molecule has 1 saturated heterocycles. The highest BCUT2D eigenvalue weighted by Gasteiger charge is 2.33. The number of morpholine rings is 1. The van der Waals surface area contributed by atoms with Gasteiger partial charge in [0.1, 0.15) is 6.10 Å². The van der Waals surface area contributed by atoms with E-state index in [1.165, 1.54) is 0 Å². The molecule has 1 fully saturated rings. The van der Waals surface area contributed by atoms with E-state index in [4.69, 9.17) is 4.74 Å². The van der Waals surface area contributed by atoms with Crippen LogP contribution in [0, 0.1) is 12.8 Å². The zero-order valence-electron chi connectivity index (χ0n) is 14.9. The van der Waals surface area contributed by atoms with Gasteiger partial charge in [0.05, 0.1) is 19.1 Å². The Labute approximate surface area is 147 Å². The van der Waals surface area contributed by atoms with Crippen LogP contribution in [0.15, 0.2) is 35.1 Å². The average molecular weight is 343 g/mol. The second-order valence-corrected chi connectivity index (χ2v) is 6.98. The lowest BCUT2D eigenvalue weighted by Gasteiger charge is -2.40. The maximum absolute atomic E-state index is 12.8. The number of ether oxygens (including phenoxy) is 1. The number of hydrogen-bond acceptors (Lipinski definition) is 3. The quantitative estimate of drug-likeness (QED) is 0.893. The number of aromatic amines is 2. The van der Waals surface area contributed by atoms with Crippen molar-refractivity contribution in [3.63, 3.8) is 0 Å². The Morgan fingerprint density at radius 2 is 1.96 bits per heavy atom. The summed E-state index contributed by atoms with van der Waals surface area (Å²) in [4.78, 5) is 26.5. The fourth-order valence-corrected chi connectivity index (χ4v) is 3.16. The molecule has 1 aliphatic heterocycles. The predicted molar refractivity (Wildman–Crippen MR) is 95.3 cm³/mol. The number of amides is 1. The van der Waals surface area contributed by atoms with Crippen molar-refractivity contribution in [1.29, 1.82) is 0 Å². The Kier molecular flexibility index (Phi) is 5.08. The highest BCUT2D eigenvalue weighted by atomic mass is 16.5. The van der Waals surface area contributed by atoms with Crippen LogP contribution in [0.25, 0.3) is 0 Å². The van der Waals surface area contributed by atoms with Crippen LogP contribution >= 0.6 is 0 Å². The van der Waals surface area contributed by atoms with Gasteiger partial charge in [-0.2, -0.15) is 0 Å². The monoisotopic (exact) mass is 343 g/mol. The van der Waals surface area contributed by atoms with Crippen molar-refractivity contribution in [3.8, 4) is 0 Å². The van der Waals surface area contributed by atoms with Crippen molar-refractivity contribution < 1.29 is 9.53 Å². The first-order valence-electron chi connectivity index (χ1n) is 8.70. The van der Waals surface area contributed by atoms with Crippen molar-refractivity contribution in [1.82, 2.24) is 15.1 Å². The Hall–Kier alpha value is -2.34. The number of nitrogens with zero attached hydrogens (tertiary/aromatic N) is 1. The molecule has 1 aromatic carbocycles. The third kappa shape index (κ3) is 3.85. The third-order valence-corrected chi connectivity index (χ3v) is 4.81. The van der Waals surface area contributed by atoms with Gasteiger partial charge >= 0.3 is 0 Å². The number of carbonyl (C=O) groups excluding carboxylic acids is 1. The average Bonchev–Trinajstić information content (AvgIpc) is 2.94. The summed E-state index contributed by atoms with van der Waals surface area (Å²) in [5.74, 6) is 0.266. The lowest BCUT2D eigenvalue weighted by Crippen LogP contribution is -2.49. The van der Waals surface area contributed by atoms with Crippen LogP contribution in [0.1, 0.15) is 36.8 Å². The van der Waals surface area contributed by atoms with Gasteiger partial charge in [-0.3, -0.25) is 14.7 Å². The molecule has 2 atom stereocenters. The largest absolute Gasteiger partial charge is 0.366 e. The molecule has 1 aromatic heterocycles. The molecule has 2 N–H and O–H groups in total. The van der Waals surface area contributed by atoms with Crippen LogP contribution in [-0.4, -0.2) is 40.2 Å². The minimum Gasteiger partial charge on any atom is -0.366 e. The Balaban J connectivity index is 1.79. The molecule has 6 heteroatoms. The van der Waals surface area contributed by atoms with Crippen molar-refractivity contribution in [2.24, 2.45) is 5.92 Å². The molecule has 2 heterocycles. The highest BCUT2D eigenvalue weighted by molar-refractivity contribution is 5.79. The van der Waals surface area contributed by atoms with Crippen molar-refractivity contribution in [2.45, 2.75) is 39.4 Å². The zero-order chi connectivity index (χ0) is 18.0. The van der Waals surface area contributed by atoms with Crippen LogP contribution in [-0.2, 0) is 16.0 Å². The summed E-state index contributed by atoms with van der Waals surface area (Å²) < 4.78 is 6.23. The van der Waals surface area contributed by atoms with Crippen LogP contribution in [0.5, 0.6) is 0 Å². The number of carbonyl (C=O) groups is 1. The molecular formula is C19H25N3O3. The van der Waals surface area contributed by atoms with Crippen molar-refractivity contribution in [3.05, 3.63) is 57.5 Å². The van der Waals surface area contributed by atoms with Crippen LogP contribution in [0.3, 0.4) is 0 Å². The van der Waals surface area contributed by atoms with E-state index in [9.17, 15) is 9.59 Å². The number of nitrogens with one attached hydrogen (secondary N) is 2. The number of rotatable bonds is 4. The van der Waals surface area contributed by atoms with E-state index in [2.05, 4.69) is 24.0 Å². The number of aryl methyl sites for hydroxylation is 1. The second kappa shape index (κ2) is 7.27. The van der Waals surface area contributed by atoms with E-state index < -0.39 is 0 Å². The van der Waals surface area contributed by atoms with E-state index in [0.29, 0.717) is 30.3 Å². The summed E-state index contributed by atoms with van der Waals surface area (Å²) in [6.07, 6.45) is -0.0535. The predicted octanol–water partition coefficient (Wildman–Crippen LogP) is 2.18. The topological polar surface area (TPSA) is 78.2 Å². The molecule has 0 aliphatic carbocycles. The van der Waals surface area contributed by atoms with E-state index in [1.54, 1.807) is 6.92 Å². The smallest absolute Gasteiger partial charge is 0.267 e. The summed E-state index contributed by atoms with van der Waals surface area (Å²) in [5.41, 5.74) is 2.07. The minimum atomic E-state index is -0.223. The number of hydrogen-bond donors (Lipinski definition) is 2. The van der Waals surface area contributed by atoms with E-state index >= 15 is 0 Å². The number of H-pyrrole nitrogens is 2. The normalized spacial score (nSPS) is 20.9. The summed E-state index contributed by atoms with van der Waals surface area (Å²) in [6.45, 7) is 7.06. The summed E-state index contributed by atoms with van der Waals surface area (Å²) in [6, 6.07) is 9.98. The van der Waals surface area contributed by atoms with E-state index in [-0.39, 0.29) is 30.1 Å². The molecule has 0 saturated carbocycles. The van der Waals surface area contributed by atoms with Gasteiger partial charge in [-0.15, -0.1) is 0 Å². The molecule has 2 aromatic rings. The third-order valence-electron chi connectivity index (χ3n) is 4.81. The first kappa shape index (κ1) is 17.5. The van der Waals surface area contributed by atoms with Crippen LogP contribution in [0.4, 0.5) is 0 Å². The lowest BCUT2D eigenvalue weighted by molar-refractivity contribution is -0.149. The van der Waals surface area contributed by atoms with Gasteiger partial charge in [0.25, 0.3) is 5.56 Å². The van der Waals surface area contributed by atoms with E-state index in [0.717, 1.165) is 5.56 Å². The molecule has 3 rings (SSSR count). The lowest BCUT2D eigenvalue weighted by atomic mass is 10.0. The molecule has 1 aliphatic rings. The Bertz CT molecular complexity index is 779. The fourth-order valence-electron chi connectivity index (χ4n) is 3.16. The molecule has 0 unspecified atom stereocenters. The first-order chi connectivity index (χ1) is 12.0. The van der Waals surface area contributed by atoms with Gasteiger partial charge in [-0.1, -0.05) is 44.2 Å². The first-order valence-corrected chi connectivity index (χ1v) is 8.70. The molecule has 134 valence electrons. The van der Waals surface area contributed by atoms with Gasteiger partial charge in [0.15, 0.2) is 0 Å². The van der Waals surface area contributed by atoms with Gasteiger partial charge < -0.3 is 14.7 Å². The van der Waals surface area contributed by atoms with Crippen molar-refractivity contribution in [2.75, 3.05) is 13.1 Å². The molecule has 0 radical (unpaired) electrons. The minimum absolute atomic E-state index is 0.0199.